The van der Waals surface area contributed by atoms with Gasteiger partial charge in [0.2, 0.25) is 6.10 Å². The predicted molar refractivity (Wildman–Crippen MR) is 74.7 cm³/mol. The van der Waals surface area contributed by atoms with Crippen LogP contribution in [0.4, 0.5) is 8.78 Å². The summed E-state index contributed by atoms with van der Waals surface area (Å²) in [5.41, 5.74) is 0. The van der Waals surface area contributed by atoms with Gasteiger partial charge in [0.15, 0.2) is 12.6 Å². The summed E-state index contributed by atoms with van der Waals surface area (Å²) in [7, 11) is 1.47. The van der Waals surface area contributed by atoms with Crippen LogP contribution in [-0.4, -0.2) is 56.8 Å². The quantitative estimate of drug-likeness (QED) is 0.242. The fraction of sp³-hybridized carbons (Fsp3) is 0.643. The van der Waals surface area contributed by atoms with E-state index >= 15 is 0 Å². The Morgan fingerprint density at radius 1 is 1.41 bits per heavy atom. The van der Waals surface area contributed by atoms with Gasteiger partial charge in [-0.05, 0) is 12.5 Å². The first-order valence-corrected chi connectivity index (χ1v) is 6.65. The maximum Gasteiger partial charge on any atom is 0.340 e. The largest absolute Gasteiger partial charge is 0.479 e. The molecule has 0 aliphatic heterocycles. The molecule has 0 radical (unpaired) electrons. The van der Waals surface area contributed by atoms with Gasteiger partial charge in [-0.1, -0.05) is 13.0 Å². The van der Waals surface area contributed by atoms with Crippen molar-refractivity contribution >= 4 is 5.97 Å². The number of carboxylic acids is 1. The Kier molecular flexibility index (Phi) is 10.3. The molecule has 0 aromatic rings. The summed E-state index contributed by atoms with van der Waals surface area (Å²) >= 11 is 0. The number of halogens is 2. The van der Waals surface area contributed by atoms with Crippen LogP contribution in [0.1, 0.15) is 13.3 Å². The molecule has 0 aromatic carbocycles. The van der Waals surface area contributed by atoms with Crippen LogP contribution in [0.25, 0.3) is 0 Å². The summed E-state index contributed by atoms with van der Waals surface area (Å²) in [6, 6.07) is 0. The molecule has 0 fully saturated rings. The van der Waals surface area contributed by atoms with Gasteiger partial charge in [0.05, 0.1) is 19.8 Å². The molecule has 1 N–H and O–H groups in total. The van der Waals surface area contributed by atoms with Crippen molar-refractivity contribution in [2.75, 3.05) is 33.7 Å². The first-order valence-electron chi connectivity index (χ1n) is 6.65. The summed E-state index contributed by atoms with van der Waals surface area (Å²) in [6.07, 6.45) is 0.135. The van der Waals surface area contributed by atoms with E-state index in [0.29, 0.717) is 0 Å². The molecule has 0 bridgehead atoms. The van der Waals surface area contributed by atoms with Gasteiger partial charge < -0.3 is 24.1 Å². The van der Waals surface area contributed by atoms with E-state index in [4.69, 9.17) is 19.3 Å². The van der Waals surface area contributed by atoms with Crippen LogP contribution in [0.3, 0.4) is 0 Å². The third-order valence-corrected chi connectivity index (χ3v) is 2.38. The Hall–Kier alpha value is -1.51. The molecule has 0 rings (SSSR count). The van der Waals surface area contributed by atoms with Crippen molar-refractivity contribution in [1.82, 2.24) is 0 Å². The zero-order chi connectivity index (χ0) is 17.0. The second kappa shape index (κ2) is 11.1. The van der Waals surface area contributed by atoms with Crippen molar-refractivity contribution in [3.05, 3.63) is 24.5 Å². The van der Waals surface area contributed by atoms with Crippen molar-refractivity contribution in [1.29, 1.82) is 0 Å². The highest BCUT2D eigenvalue weighted by atomic mass is 19.3. The van der Waals surface area contributed by atoms with Crippen LogP contribution >= 0.6 is 0 Å². The molecule has 0 saturated heterocycles. The number of hydrogen-bond donors (Lipinski definition) is 1. The molecule has 0 aliphatic carbocycles. The third-order valence-electron chi connectivity index (χ3n) is 2.38. The van der Waals surface area contributed by atoms with Crippen LogP contribution in [0.2, 0.25) is 0 Å². The molecule has 0 saturated carbocycles. The Labute approximate surface area is 128 Å². The van der Waals surface area contributed by atoms with Gasteiger partial charge in [-0.2, -0.15) is 8.78 Å². The maximum atomic E-state index is 14.3. The molecule has 0 aliphatic rings. The Bertz CT molecular complexity index is 370. The minimum absolute atomic E-state index is 0.163. The van der Waals surface area contributed by atoms with Crippen molar-refractivity contribution < 1.29 is 37.6 Å². The van der Waals surface area contributed by atoms with E-state index in [2.05, 4.69) is 11.3 Å². The van der Waals surface area contributed by atoms with E-state index < -0.39 is 30.5 Å². The van der Waals surface area contributed by atoms with E-state index in [9.17, 15) is 13.6 Å². The number of ether oxygens (including phenoxy) is 4. The molecule has 0 aromatic heterocycles. The fourth-order valence-electron chi connectivity index (χ4n) is 1.41. The topological polar surface area (TPSA) is 74.2 Å². The minimum atomic E-state index is -3.84. The number of methoxy groups -OCH3 is 1. The first-order chi connectivity index (χ1) is 10.4. The molecule has 8 heteroatoms. The lowest BCUT2D eigenvalue weighted by Crippen LogP contribution is -2.44. The Balaban J connectivity index is 4.89. The summed E-state index contributed by atoms with van der Waals surface area (Å²) in [6.45, 7) is 4.59. The molecular weight excluding hydrogens is 302 g/mol. The molecule has 22 heavy (non-hydrogen) atoms. The lowest BCUT2D eigenvalue weighted by Gasteiger charge is -2.25. The average molecular weight is 324 g/mol. The van der Waals surface area contributed by atoms with E-state index in [-0.39, 0.29) is 26.2 Å². The maximum absolute atomic E-state index is 14.3. The van der Waals surface area contributed by atoms with Crippen molar-refractivity contribution in [3.8, 4) is 0 Å². The van der Waals surface area contributed by atoms with Gasteiger partial charge in [-0.25, -0.2) is 4.79 Å². The van der Waals surface area contributed by atoms with Gasteiger partial charge >= 0.3 is 11.9 Å². The molecule has 1 atom stereocenters. The number of allylic oxidation sites excluding steroid dienone is 1. The average Bonchev–Trinajstić information content (AvgIpc) is 2.45. The number of aliphatic carboxylic acids is 1. The molecule has 0 heterocycles. The highest BCUT2D eigenvalue weighted by Gasteiger charge is 2.50. The molecule has 0 spiro atoms. The van der Waals surface area contributed by atoms with Crippen LogP contribution in [0.15, 0.2) is 24.5 Å². The molecule has 1 unspecified atom stereocenters. The fourth-order valence-corrected chi connectivity index (χ4v) is 1.41. The minimum Gasteiger partial charge on any atom is -0.479 e. The molecule has 6 nitrogen and oxygen atoms in total. The van der Waals surface area contributed by atoms with Gasteiger partial charge in [-0.3, -0.25) is 0 Å². The zero-order valence-electron chi connectivity index (χ0n) is 12.7. The molecular formula is C14H22F2O6. The normalized spacial score (nSPS) is 13.7. The van der Waals surface area contributed by atoms with Crippen molar-refractivity contribution in [3.63, 3.8) is 0 Å². The lowest BCUT2D eigenvalue weighted by atomic mass is 10.1. The van der Waals surface area contributed by atoms with Crippen molar-refractivity contribution in [2.24, 2.45) is 0 Å². The summed E-state index contributed by atoms with van der Waals surface area (Å²) in [5, 5.41) is 8.92. The SMILES string of the molecule is C=CCOC(C(=O)O)C(F)(F)/C(=C/CC)OCOCCOC. The second-order valence-electron chi connectivity index (χ2n) is 4.10. The van der Waals surface area contributed by atoms with Crippen LogP contribution < -0.4 is 0 Å². The third kappa shape index (κ3) is 6.97. The predicted octanol–water partition coefficient (Wildman–Crippen LogP) is 2.21. The van der Waals surface area contributed by atoms with E-state index in [1.165, 1.54) is 13.2 Å². The number of carbonyl (C=O) groups is 1. The van der Waals surface area contributed by atoms with E-state index in [0.717, 1.165) is 6.08 Å². The Morgan fingerprint density at radius 2 is 2.09 bits per heavy atom. The summed E-state index contributed by atoms with van der Waals surface area (Å²) in [5.74, 6) is -6.43. The molecule has 128 valence electrons. The van der Waals surface area contributed by atoms with E-state index in [1.54, 1.807) is 6.92 Å². The number of alkyl halides is 2. The standard InChI is InChI=1S/C14H22F2O6/c1-4-6-11(22-10-20-9-8-19-3)14(15,16)12(13(17)18)21-7-5-2/h5-6,12H,2,4,7-10H2,1,3H3,(H,17,18)/b11-6-. The monoisotopic (exact) mass is 324 g/mol. The highest BCUT2D eigenvalue weighted by Crippen LogP contribution is 2.31. The lowest BCUT2D eigenvalue weighted by molar-refractivity contribution is -0.183. The van der Waals surface area contributed by atoms with Gasteiger partial charge in [0.25, 0.3) is 0 Å². The second-order valence-corrected chi connectivity index (χ2v) is 4.10. The van der Waals surface area contributed by atoms with Crippen molar-refractivity contribution in [2.45, 2.75) is 25.4 Å². The van der Waals surface area contributed by atoms with Gasteiger partial charge in [0.1, 0.15) is 0 Å². The number of hydrogen-bond acceptors (Lipinski definition) is 5. The zero-order valence-corrected chi connectivity index (χ0v) is 12.7. The van der Waals surface area contributed by atoms with Gasteiger partial charge in [-0.15, -0.1) is 6.58 Å². The van der Waals surface area contributed by atoms with Crippen LogP contribution in [-0.2, 0) is 23.7 Å². The first kappa shape index (κ1) is 20.5. The van der Waals surface area contributed by atoms with E-state index in [1.807, 2.05) is 0 Å². The highest BCUT2D eigenvalue weighted by molar-refractivity contribution is 5.74. The smallest absolute Gasteiger partial charge is 0.340 e. The van der Waals surface area contributed by atoms with Crippen LogP contribution in [0.5, 0.6) is 0 Å². The Morgan fingerprint density at radius 3 is 2.59 bits per heavy atom. The molecule has 0 amide bonds. The van der Waals surface area contributed by atoms with Crippen LogP contribution in [0, 0.1) is 0 Å². The summed E-state index contributed by atoms with van der Waals surface area (Å²) < 4.78 is 47.7. The number of carboxylic acid groups (broad SMARTS) is 1. The number of rotatable bonds is 13. The summed E-state index contributed by atoms with van der Waals surface area (Å²) in [4.78, 5) is 11.0. The van der Waals surface area contributed by atoms with Gasteiger partial charge in [0, 0.05) is 7.11 Å².